The van der Waals surface area contributed by atoms with Gasteiger partial charge >= 0.3 is 0 Å². The lowest BCUT2D eigenvalue weighted by atomic mass is 10.1. The van der Waals surface area contributed by atoms with Crippen molar-refractivity contribution in [2.75, 3.05) is 5.32 Å². The highest BCUT2D eigenvalue weighted by molar-refractivity contribution is 5.94. The number of anilines is 1. The van der Waals surface area contributed by atoms with Gasteiger partial charge in [-0.3, -0.25) is 4.79 Å². The van der Waals surface area contributed by atoms with E-state index in [0.29, 0.717) is 6.42 Å². The molecule has 0 heterocycles. The second-order valence-corrected chi connectivity index (χ2v) is 5.27. The Morgan fingerprint density at radius 3 is 2.43 bits per heavy atom. The molecule has 0 unspecified atom stereocenters. The average molecular weight is 284 g/mol. The van der Waals surface area contributed by atoms with E-state index in [0.717, 1.165) is 16.8 Å². The van der Waals surface area contributed by atoms with E-state index < -0.39 is 6.04 Å². The number of aryl methyl sites for hydroxylation is 2. The molecule has 2 aromatic carbocycles. The summed E-state index contributed by atoms with van der Waals surface area (Å²) < 4.78 is 0. The van der Waals surface area contributed by atoms with Crippen molar-refractivity contribution in [3.05, 3.63) is 59.2 Å². The molecule has 0 saturated heterocycles. The first kappa shape index (κ1) is 15.1. The molecule has 0 aliphatic heterocycles. The number of phenols is 1. The molecule has 2 rings (SSSR count). The van der Waals surface area contributed by atoms with E-state index in [2.05, 4.69) is 5.32 Å². The number of rotatable bonds is 4. The van der Waals surface area contributed by atoms with Crippen LogP contribution in [0.3, 0.4) is 0 Å². The number of nitrogens with two attached hydrogens (primary N) is 1. The van der Waals surface area contributed by atoms with Crippen molar-refractivity contribution in [3.8, 4) is 5.75 Å². The normalized spacial score (nSPS) is 12.0. The Bertz CT molecular complexity index is 636. The topological polar surface area (TPSA) is 75.4 Å². The molecule has 4 heteroatoms. The summed E-state index contributed by atoms with van der Waals surface area (Å²) in [6.45, 7) is 4.03. The predicted molar refractivity (Wildman–Crippen MR) is 84.3 cm³/mol. The summed E-state index contributed by atoms with van der Waals surface area (Å²) in [5.74, 6) is -0.0155. The van der Waals surface area contributed by atoms with Crippen molar-refractivity contribution in [1.82, 2.24) is 0 Å². The summed E-state index contributed by atoms with van der Waals surface area (Å²) in [7, 11) is 0. The first-order valence-electron chi connectivity index (χ1n) is 6.87. The number of hydrogen-bond acceptors (Lipinski definition) is 3. The molecule has 0 aromatic heterocycles. The van der Waals surface area contributed by atoms with Gasteiger partial charge in [-0.15, -0.1) is 0 Å². The van der Waals surface area contributed by atoms with Crippen LogP contribution in [0.2, 0.25) is 0 Å². The highest BCUT2D eigenvalue weighted by Crippen LogP contribution is 2.15. The molecule has 1 atom stereocenters. The van der Waals surface area contributed by atoms with E-state index in [1.807, 2.05) is 32.0 Å². The molecule has 0 fully saturated rings. The minimum atomic E-state index is -0.629. The molecule has 0 bridgehead atoms. The fourth-order valence-electron chi connectivity index (χ4n) is 2.03. The van der Waals surface area contributed by atoms with Crippen molar-refractivity contribution >= 4 is 11.6 Å². The third-order valence-corrected chi connectivity index (χ3v) is 3.50. The molecule has 0 saturated carbocycles. The molecular weight excluding hydrogens is 264 g/mol. The van der Waals surface area contributed by atoms with Crippen LogP contribution in [0.5, 0.6) is 5.75 Å². The molecule has 0 aliphatic rings. The predicted octanol–water partition coefficient (Wildman–Crippen LogP) is 2.52. The first-order chi connectivity index (χ1) is 9.95. The molecule has 1 amide bonds. The minimum absolute atomic E-state index is 0.201. The van der Waals surface area contributed by atoms with E-state index in [-0.39, 0.29) is 11.7 Å². The van der Waals surface area contributed by atoms with Crippen LogP contribution in [-0.4, -0.2) is 17.1 Å². The van der Waals surface area contributed by atoms with Gasteiger partial charge in [-0.2, -0.15) is 0 Å². The fourth-order valence-corrected chi connectivity index (χ4v) is 2.03. The van der Waals surface area contributed by atoms with Crippen LogP contribution in [0.4, 0.5) is 5.69 Å². The van der Waals surface area contributed by atoms with Gasteiger partial charge < -0.3 is 16.2 Å². The smallest absolute Gasteiger partial charge is 0.241 e. The Hall–Kier alpha value is -2.33. The maximum atomic E-state index is 12.1. The molecule has 4 nitrogen and oxygen atoms in total. The zero-order chi connectivity index (χ0) is 15.4. The molecule has 110 valence electrons. The molecule has 2 aromatic rings. The highest BCUT2D eigenvalue weighted by Gasteiger charge is 2.14. The molecule has 4 N–H and O–H groups in total. The summed E-state index contributed by atoms with van der Waals surface area (Å²) >= 11 is 0. The number of benzene rings is 2. The maximum Gasteiger partial charge on any atom is 0.241 e. The molecule has 0 aliphatic carbocycles. The van der Waals surface area contributed by atoms with Crippen LogP contribution in [0.25, 0.3) is 0 Å². The van der Waals surface area contributed by atoms with Crippen LogP contribution >= 0.6 is 0 Å². The lowest BCUT2D eigenvalue weighted by Gasteiger charge is -2.13. The van der Waals surface area contributed by atoms with Gasteiger partial charge in [0.15, 0.2) is 0 Å². The Balaban J connectivity index is 1.98. The maximum absolute atomic E-state index is 12.1. The van der Waals surface area contributed by atoms with Crippen LogP contribution in [0, 0.1) is 13.8 Å². The van der Waals surface area contributed by atoms with Crippen LogP contribution < -0.4 is 11.1 Å². The van der Waals surface area contributed by atoms with Gasteiger partial charge in [0.2, 0.25) is 5.91 Å². The van der Waals surface area contributed by atoms with E-state index in [1.165, 1.54) is 5.56 Å². The zero-order valence-electron chi connectivity index (χ0n) is 12.3. The van der Waals surface area contributed by atoms with Crippen molar-refractivity contribution in [1.29, 1.82) is 0 Å². The van der Waals surface area contributed by atoms with Crippen molar-refractivity contribution in [2.24, 2.45) is 5.73 Å². The third-order valence-electron chi connectivity index (χ3n) is 3.50. The zero-order valence-corrected chi connectivity index (χ0v) is 12.3. The summed E-state index contributed by atoms with van der Waals surface area (Å²) in [5, 5.41) is 12.1. The fraction of sp³-hybridized carbons (Fsp3) is 0.235. The van der Waals surface area contributed by atoms with Gasteiger partial charge in [0.25, 0.3) is 0 Å². The lowest BCUT2D eigenvalue weighted by molar-refractivity contribution is -0.117. The third kappa shape index (κ3) is 4.07. The van der Waals surface area contributed by atoms with E-state index in [1.54, 1.807) is 24.3 Å². The minimum Gasteiger partial charge on any atom is -0.508 e. The standard InChI is InChI=1S/C17H20N2O2/c1-11-3-6-14(9-12(11)2)19-17(21)16(18)10-13-4-7-15(20)8-5-13/h3-9,16,20H,10,18H2,1-2H3,(H,19,21)/t16-/m1/s1. The molecular formula is C17H20N2O2. The quantitative estimate of drug-likeness (QED) is 0.807. The van der Waals surface area contributed by atoms with Gasteiger partial charge in [0.1, 0.15) is 5.75 Å². The van der Waals surface area contributed by atoms with E-state index >= 15 is 0 Å². The van der Waals surface area contributed by atoms with Crippen molar-refractivity contribution in [3.63, 3.8) is 0 Å². The number of carbonyl (C=O) groups excluding carboxylic acids is 1. The number of aromatic hydroxyl groups is 1. The summed E-state index contributed by atoms with van der Waals surface area (Å²) in [5.41, 5.74) is 9.90. The van der Waals surface area contributed by atoms with Crippen molar-refractivity contribution < 1.29 is 9.90 Å². The van der Waals surface area contributed by atoms with E-state index in [4.69, 9.17) is 5.73 Å². The number of hydrogen-bond donors (Lipinski definition) is 3. The van der Waals surface area contributed by atoms with Crippen LogP contribution in [0.1, 0.15) is 16.7 Å². The van der Waals surface area contributed by atoms with Gasteiger partial charge in [-0.1, -0.05) is 18.2 Å². The Labute approximate surface area is 124 Å². The van der Waals surface area contributed by atoms with Crippen LogP contribution in [-0.2, 0) is 11.2 Å². The van der Waals surface area contributed by atoms with Gasteiger partial charge in [0.05, 0.1) is 6.04 Å². The summed E-state index contributed by atoms with van der Waals surface area (Å²) in [4.78, 5) is 12.1. The van der Waals surface area contributed by atoms with E-state index in [9.17, 15) is 9.90 Å². The summed E-state index contributed by atoms with van der Waals surface area (Å²) in [6, 6.07) is 11.8. The van der Waals surface area contributed by atoms with Crippen LogP contribution in [0.15, 0.2) is 42.5 Å². The number of amides is 1. The number of carbonyl (C=O) groups is 1. The molecule has 21 heavy (non-hydrogen) atoms. The van der Waals surface area contributed by atoms with Crippen molar-refractivity contribution in [2.45, 2.75) is 26.3 Å². The number of nitrogens with one attached hydrogen (secondary N) is 1. The van der Waals surface area contributed by atoms with Gasteiger partial charge in [-0.05, 0) is 61.2 Å². The second kappa shape index (κ2) is 6.41. The first-order valence-corrected chi connectivity index (χ1v) is 6.87. The van der Waals surface area contributed by atoms with Gasteiger partial charge in [-0.25, -0.2) is 0 Å². The largest absolute Gasteiger partial charge is 0.508 e. The monoisotopic (exact) mass is 284 g/mol. The SMILES string of the molecule is Cc1ccc(NC(=O)[C@H](N)Cc2ccc(O)cc2)cc1C. The Morgan fingerprint density at radius 2 is 1.81 bits per heavy atom. The Kier molecular flexibility index (Phi) is 4.60. The number of phenolic OH excluding ortho intramolecular Hbond substituents is 1. The molecule has 0 radical (unpaired) electrons. The van der Waals surface area contributed by atoms with Gasteiger partial charge in [0, 0.05) is 5.69 Å². The lowest BCUT2D eigenvalue weighted by Crippen LogP contribution is -2.37. The Morgan fingerprint density at radius 1 is 1.14 bits per heavy atom. The summed E-state index contributed by atoms with van der Waals surface area (Å²) in [6.07, 6.45) is 0.428. The second-order valence-electron chi connectivity index (χ2n) is 5.27. The molecule has 0 spiro atoms. The highest BCUT2D eigenvalue weighted by atomic mass is 16.3. The average Bonchev–Trinajstić information content (AvgIpc) is 2.45.